The van der Waals surface area contributed by atoms with E-state index in [0.29, 0.717) is 6.42 Å². The van der Waals surface area contributed by atoms with Gasteiger partial charge in [-0.3, -0.25) is 14.4 Å². The average molecular weight is 434 g/mol. The van der Waals surface area contributed by atoms with E-state index in [-0.39, 0.29) is 18.2 Å². The van der Waals surface area contributed by atoms with Crippen LogP contribution in [0.3, 0.4) is 0 Å². The number of rotatable bonds is 13. The molecule has 0 aromatic rings. The van der Waals surface area contributed by atoms with Crippen LogP contribution < -0.4 is 16.4 Å². The van der Waals surface area contributed by atoms with Crippen molar-refractivity contribution in [1.82, 2.24) is 10.6 Å². The summed E-state index contributed by atoms with van der Waals surface area (Å²) in [6.45, 7) is 17.9. The zero-order valence-electron chi connectivity index (χ0n) is 21.6. The standard InChI is InChI=1S/C13H27NO.C6H13NO.2C2H6.CH3NO/c1-3-5-7-8-9-10-11-13(15)14-12-6-4-2;1-3-5-6(8)7-4-2;2*1-2;2-1-3/h3-12H2,1-2H3,(H,14,15);3-5H2,1-2H3,(H,7,8);2*1-2H3;1H,(H2,2,3). The lowest BCUT2D eigenvalue weighted by Gasteiger charge is -2.03. The number of nitrogens with two attached hydrogens (primary N) is 1. The van der Waals surface area contributed by atoms with Crippen molar-refractivity contribution in [2.45, 2.75) is 126 Å². The van der Waals surface area contributed by atoms with Crippen LogP contribution in [0.2, 0.25) is 0 Å². The van der Waals surface area contributed by atoms with Gasteiger partial charge in [-0.2, -0.15) is 0 Å². The van der Waals surface area contributed by atoms with Crippen LogP contribution in [0.4, 0.5) is 0 Å². The van der Waals surface area contributed by atoms with Crippen LogP contribution in [-0.4, -0.2) is 31.3 Å². The zero-order chi connectivity index (χ0) is 24.5. The number of hydrogen-bond donors (Lipinski definition) is 3. The molecule has 184 valence electrons. The highest BCUT2D eigenvalue weighted by Crippen LogP contribution is 2.06. The van der Waals surface area contributed by atoms with Gasteiger partial charge in [0.1, 0.15) is 0 Å². The average Bonchev–Trinajstić information content (AvgIpc) is 2.75. The SMILES string of the molecule is CC.CC.CCCC(=O)NCC.CCCCCCCCC(=O)NCCCC.NC=O. The minimum Gasteiger partial charge on any atom is -0.372 e. The van der Waals surface area contributed by atoms with E-state index >= 15 is 0 Å². The minimum absolute atomic E-state index is 0.162. The molecule has 6 heteroatoms. The summed E-state index contributed by atoms with van der Waals surface area (Å²) in [6.07, 6.45) is 12.3. The molecule has 0 rings (SSSR count). The Morgan fingerprint density at radius 3 is 1.53 bits per heavy atom. The molecule has 0 unspecified atom stereocenters. The van der Waals surface area contributed by atoms with Gasteiger partial charge < -0.3 is 16.4 Å². The van der Waals surface area contributed by atoms with Crippen molar-refractivity contribution in [3.63, 3.8) is 0 Å². The van der Waals surface area contributed by atoms with Crippen molar-refractivity contribution >= 4 is 18.2 Å². The van der Waals surface area contributed by atoms with Gasteiger partial charge in [-0.05, 0) is 26.2 Å². The van der Waals surface area contributed by atoms with E-state index in [1.54, 1.807) is 0 Å². The molecule has 0 spiro atoms. The fraction of sp³-hybridized carbons (Fsp3) is 0.875. The van der Waals surface area contributed by atoms with Crippen molar-refractivity contribution in [3.8, 4) is 0 Å². The molecule has 0 aliphatic carbocycles. The number of carbonyl (C=O) groups excluding carboxylic acids is 3. The number of nitrogens with one attached hydrogen (secondary N) is 2. The van der Waals surface area contributed by atoms with E-state index in [9.17, 15) is 9.59 Å². The molecule has 3 amide bonds. The molecular weight excluding hydrogens is 378 g/mol. The normalized spacial score (nSPS) is 8.27. The highest BCUT2D eigenvalue weighted by atomic mass is 16.2. The highest BCUT2D eigenvalue weighted by molar-refractivity contribution is 5.76. The van der Waals surface area contributed by atoms with Crippen LogP contribution >= 0.6 is 0 Å². The van der Waals surface area contributed by atoms with E-state index < -0.39 is 0 Å². The first-order valence-corrected chi connectivity index (χ1v) is 12.2. The first-order valence-electron chi connectivity index (χ1n) is 12.2. The number of amides is 3. The van der Waals surface area contributed by atoms with Gasteiger partial charge in [0.05, 0.1) is 0 Å². The molecule has 0 radical (unpaired) electrons. The van der Waals surface area contributed by atoms with E-state index in [0.717, 1.165) is 45.2 Å². The lowest BCUT2D eigenvalue weighted by atomic mass is 10.1. The molecule has 0 saturated carbocycles. The summed E-state index contributed by atoms with van der Waals surface area (Å²) in [5.41, 5.74) is 4.17. The molecule has 0 aliphatic rings. The van der Waals surface area contributed by atoms with Gasteiger partial charge in [0.2, 0.25) is 18.2 Å². The van der Waals surface area contributed by atoms with E-state index in [4.69, 9.17) is 4.79 Å². The van der Waals surface area contributed by atoms with Gasteiger partial charge in [0.15, 0.2) is 0 Å². The topological polar surface area (TPSA) is 101 Å². The Bertz CT molecular complexity index is 304. The molecule has 0 aromatic heterocycles. The molecule has 0 atom stereocenters. The minimum atomic E-state index is 0.162. The van der Waals surface area contributed by atoms with Crippen molar-refractivity contribution in [2.75, 3.05) is 13.1 Å². The maximum atomic E-state index is 11.3. The number of primary amides is 1. The summed E-state index contributed by atoms with van der Waals surface area (Å²) in [6, 6.07) is 0. The Labute approximate surface area is 188 Å². The molecule has 0 aromatic carbocycles. The summed E-state index contributed by atoms with van der Waals surface area (Å²) < 4.78 is 0. The van der Waals surface area contributed by atoms with Crippen LogP contribution in [0.15, 0.2) is 0 Å². The second kappa shape index (κ2) is 45.9. The Kier molecular flexibility index (Phi) is 59.6. The Morgan fingerprint density at radius 1 is 0.667 bits per heavy atom. The Morgan fingerprint density at radius 2 is 1.10 bits per heavy atom. The second-order valence-corrected chi connectivity index (χ2v) is 6.06. The Balaban J connectivity index is -0.000000116. The molecule has 0 bridgehead atoms. The van der Waals surface area contributed by atoms with Crippen molar-refractivity contribution in [2.24, 2.45) is 5.73 Å². The number of hydrogen-bond acceptors (Lipinski definition) is 3. The predicted octanol–water partition coefficient (Wildman–Crippen LogP) is 5.73. The van der Waals surface area contributed by atoms with Gasteiger partial charge in [0.25, 0.3) is 0 Å². The maximum absolute atomic E-state index is 11.3. The summed E-state index contributed by atoms with van der Waals surface area (Å²) in [5, 5.41) is 5.65. The summed E-state index contributed by atoms with van der Waals surface area (Å²) in [5.74, 6) is 0.397. The van der Waals surface area contributed by atoms with Crippen LogP contribution in [0, 0.1) is 0 Å². The van der Waals surface area contributed by atoms with Crippen LogP contribution in [0.25, 0.3) is 0 Å². The number of unbranched alkanes of at least 4 members (excludes halogenated alkanes) is 6. The van der Waals surface area contributed by atoms with Gasteiger partial charge >= 0.3 is 0 Å². The molecule has 0 fully saturated rings. The summed E-state index contributed by atoms with van der Waals surface area (Å²) in [7, 11) is 0. The zero-order valence-corrected chi connectivity index (χ0v) is 21.6. The number of carbonyl (C=O) groups is 3. The lowest BCUT2D eigenvalue weighted by molar-refractivity contribution is -0.121. The fourth-order valence-electron chi connectivity index (χ4n) is 2.07. The third-order valence-electron chi connectivity index (χ3n) is 3.46. The predicted molar refractivity (Wildman–Crippen MR) is 132 cm³/mol. The van der Waals surface area contributed by atoms with Crippen molar-refractivity contribution in [1.29, 1.82) is 0 Å². The van der Waals surface area contributed by atoms with Crippen molar-refractivity contribution in [3.05, 3.63) is 0 Å². The highest BCUT2D eigenvalue weighted by Gasteiger charge is 1.99. The molecule has 6 nitrogen and oxygen atoms in total. The van der Waals surface area contributed by atoms with Gasteiger partial charge in [-0.1, -0.05) is 87.0 Å². The van der Waals surface area contributed by atoms with E-state index in [1.165, 1.54) is 32.1 Å². The third kappa shape index (κ3) is 56.3. The molecule has 0 heterocycles. The monoisotopic (exact) mass is 433 g/mol. The second-order valence-electron chi connectivity index (χ2n) is 6.06. The van der Waals surface area contributed by atoms with Crippen LogP contribution in [0.5, 0.6) is 0 Å². The van der Waals surface area contributed by atoms with Gasteiger partial charge in [-0.15, -0.1) is 0 Å². The molecular formula is C24H55N3O3. The van der Waals surface area contributed by atoms with E-state index in [1.807, 2.05) is 41.5 Å². The van der Waals surface area contributed by atoms with Crippen molar-refractivity contribution < 1.29 is 14.4 Å². The molecule has 30 heavy (non-hydrogen) atoms. The van der Waals surface area contributed by atoms with Gasteiger partial charge in [0, 0.05) is 25.9 Å². The molecule has 0 aliphatic heterocycles. The fourth-order valence-corrected chi connectivity index (χ4v) is 2.07. The largest absolute Gasteiger partial charge is 0.372 e. The summed E-state index contributed by atoms with van der Waals surface area (Å²) in [4.78, 5) is 30.4. The smallest absolute Gasteiger partial charge is 0.219 e. The quantitative estimate of drug-likeness (QED) is 0.255. The first kappa shape index (κ1) is 38.9. The van der Waals surface area contributed by atoms with Crippen LogP contribution in [-0.2, 0) is 14.4 Å². The molecule has 4 N–H and O–H groups in total. The third-order valence-corrected chi connectivity index (χ3v) is 3.46. The van der Waals surface area contributed by atoms with E-state index in [2.05, 4.69) is 30.2 Å². The maximum Gasteiger partial charge on any atom is 0.219 e. The summed E-state index contributed by atoms with van der Waals surface area (Å²) >= 11 is 0. The Hall–Kier alpha value is -1.59. The lowest BCUT2D eigenvalue weighted by Crippen LogP contribution is -2.23. The first-order chi connectivity index (χ1) is 14.5. The molecule has 0 saturated heterocycles. The van der Waals surface area contributed by atoms with Crippen LogP contribution in [0.1, 0.15) is 126 Å². The van der Waals surface area contributed by atoms with Gasteiger partial charge in [-0.25, -0.2) is 0 Å².